The second-order valence-corrected chi connectivity index (χ2v) is 8.35. The average molecular weight is 378 g/mol. The van der Waals surface area contributed by atoms with E-state index >= 15 is 0 Å². The highest BCUT2D eigenvalue weighted by atomic mass is 32.2. The van der Waals surface area contributed by atoms with Gasteiger partial charge in [0.15, 0.2) is 0 Å². The maximum atomic E-state index is 12.7. The lowest BCUT2D eigenvalue weighted by Gasteiger charge is -2.31. The molecule has 0 heterocycles. The fraction of sp³-hybridized carbons (Fsp3) is 0.526. The van der Waals surface area contributed by atoms with E-state index in [0.717, 1.165) is 37.4 Å². The maximum absolute atomic E-state index is 12.7. The van der Waals surface area contributed by atoms with Crippen LogP contribution >= 0.6 is 11.8 Å². The molecule has 142 valence electrons. The number of nitrogens with one attached hydrogen (secondary N) is 1. The van der Waals surface area contributed by atoms with Gasteiger partial charge in [0, 0.05) is 25.5 Å². The number of benzene rings is 1. The Morgan fingerprint density at radius 1 is 1.23 bits per heavy atom. The van der Waals surface area contributed by atoms with Crippen LogP contribution in [0.5, 0.6) is 0 Å². The van der Waals surface area contributed by atoms with Crippen LogP contribution in [0.25, 0.3) is 0 Å². The highest BCUT2D eigenvalue weighted by molar-refractivity contribution is 8.00. The molecule has 0 saturated heterocycles. The van der Waals surface area contributed by atoms with Crippen LogP contribution in [-0.4, -0.2) is 53.7 Å². The van der Waals surface area contributed by atoms with E-state index in [1.54, 1.807) is 50.2 Å². The summed E-state index contributed by atoms with van der Waals surface area (Å²) in [4.78, 5) is 38.6. The summed E-state index contributed by atoms with van der Waals surface area (Å²) >= 11 is 1.14. The van der Waals surface area contributed by atoms with Crippen molar-refractivity contribution in [3.63, 3.8) is 0 Å². The zero-order valence-electron chi connectivity index (χ0n) is 15.4. The van der Waals surface area contributed by atoms with Gasteiger partial charge in [-0.1, -0.05) is 25.0 Å². The van der Waals surface area contributed by atoms with E-state index in [-0.39, 0.29) is 11.8 Å². The Morgan fingerprint density at radius 2 is 1.85 bits per heavy atom. The molecule has 2 N–H and O–H groups in total. The molecule has 7 heteroatoms. The highest BCUT2D eigenvalue weighted by Gasteiger charge is 2.42. The van der Waals surface area contributed by atoms with Gasteiger partial charge in [-0.15, -0.1) is 11.8 Å². The van der Waals surface area contributed by atoms with Crippen LogP contribution in [0.3, 0.4) is 0 Å². The summed E-state index contributed by atoms with van der Waals surface area (Å²) < 4.78 is 0. The molecule has 1 aliphatic carbocycles. The molecule has 2 rings (SSSR count). The van der Waals surface area contributed by atoms with Crippen molar-refractivity contribution in [3.8, 4) is 0 Å². The Labute approximate surface area is 158 Å². The predicted octanol–water partition coefficient (Wildman–Crippen LogP) is 2.63. The van der Waals surface area contributed by atoms with E-state index in [0.29, 0.717) is 17.0 Å². The topological polar surface area (TPSA) is 86.7 Å². The van der Waals surface area contributed by atoms with Crippen LogP contribution in [0.2, 0.25) is 0 Å². The molecule has 1 aromatic carbocycles. The molecule has 1 aromatic rings. The fourth-order valence-electron chi connectivity index (χ4n) is 3.33. The number of rotatable bonds is 7. The van der Waals surface area contributed by atoms with Gasteiger partial charge in [0.25, 0.3) is 5.91 Å². The van der Waals surface area contributed by atoms with Crippen molar-refractivity contribution in [3.05, 3.63) is 29.8 Å². The molecule has 1 saturated carbocycles. The van der Waals surface area contributed by atoms with Gasteiger partial charge in [0.2, 0.25) is 5.91 Å². The van der Waals surface area contributed by atoms with Gasteiger partial charge in [0.1, 0.15) is 5.25 Å². The zero-order chi connectivity index (χ0) is 19.3. The Bertz CT molecular complexity index is 684. The molecule has 0 spiro atoms. The molecular formula is C19H26N2O4S. The normalized spacial score (nSPS) is 16.7. The van der Waals surface area contributed by atoms with E-state index in [9.17, 15) is 14.4 Å². The molecule has 6 nitrogen and oxygen atoms in total. The monoisotopic (exact) mass is 378 g/mol. The van der Waals surface area contributed by atoms with E-state index < -0.39 is 16.6 Å². The van der Waals surface area contributed by atoms with Crippen molar-refractivity contribution in [1.82, 2.24) is 10.2 Å². The van der Waals surface area contributed by atoms with Crippen molar-refractivity contribution in [2.45, 2.75) is 42.8 Å². The quantitative estimate of drug-likeness (QED) is 0.712. The van der Waals surface area contributed by atoms with Crippen LogP contribution in [0.1, 0.15) is 43.0 Å². The average Bonchev–Trinajstić information content (AvgIpc) is 3.09. The molecule has 1 atom stereocenters. The molecule has 1 fully saturated rings. The first-order chi connectivity index (χ1) is 12.3. The van der Waals surface area contributed by atoms with Crippen LogP contribution in [0, 0.1) is 5.41 Å². The molecular weight excluding hydrogens is 352 g/mol. The van der Waals surface area contributed by atoms with Crippen LogP contribution in [-0.2, 0) is 9.59 Å². The second kappa shape index (κ2) is 8.58. The molecule has 0 aromatic heterocycles. The smallest absolute Gasteiger partial charge is 0.316 e. The molecule has 1 aliphatic rings. The number of nitrogens with zero attached hydrogens (tertiary/aromatic N) is 1. The minimum atomic E-state index is -0.924. The zero-order valence-corrected chi connectivity index (χ0v) is 16.3. The lowest BCUT2D eigenvalue weighted by molar-refractivity contribution is -0.139. The lowest BCUT2D eigenvalue weighted by atomic mass is 9.84. The number of hydrogen-bond donors (Lipinski definition) is 2. The van der Waals surface area contributed by atoms with E-state index in [1.807, 2.05) is 0 Å². The van der Waals surface area contributed by atoms with Crippen LogP contribution in [0.4, 0.5) is 0 Å². The molecule has 0 aliphatic heterocycles. The lowest BCUT2D eigenvalue weighted by Crippen LogP contribution is -2.46. The summed E-state index contributed by atoms with van der Waals surface area (Å²) in [5.74, 6) is -1.15. The minimum Gasteiger partial charge on any atom is -0.480 e. The number of carbonyl (C=O) groups is 3. The number of carbonyl (C=O) groups excluding carboxylic acids is 2. The number of aliphatic carboxylic acids is 1. The maximum Gasteiger partial charge on any atom is 0.316 e. The van der Waals surface area contributed by atoms with Gasteiger partial charge in [-0.3, -0.25) is 14.4 Å². The third-order valence-corrected chi connectivity index (χ3v) is 5.96. The van der Waals surface area contributed by atoms with E-state index in [1.165, 1.54) is 0 Å². The summed E-state index contributed by atoms with van der Waals surface area (Å²) in [6.07, 6.45) is 3.52. The fourth-order valence-corrected chi connectivity index (χ4v) is 4.26. The van der Waals surface area contributed by atoms with Crippen molar-refractivity contribution in [2.24, 2.45) is 5.41 Å². The second-order valence-electron chi connectivity index (χ2n) is 6.96. The predicted molar refractivity (Wildman–Crippen MR) is 101 cm³/mol. The van der Waals surface area contributed by atoms with Gasteiger partial charge < -0.3 is 15.3 Å². The first-order valence-corrected chi connectivity index (χ1v) is 9.63. The van der Waals surface area contributed by atoms with Crippen molar-refractivity contribution in [1.29, 1.82) is 0 Å². The van der Waals surface area contributed by atoms with Gasteiger partial charge in [0.05, 0.1) is 11.0 Å². The summed E-state index contributed by atoms with van der Waals surface area (Å²) in [6.45, 7) is 1.89. The number of hydrogen-bond acceptors (Lipinski definition) is 4. The first kappa shape index (κ1) is 20.3. The summed E-state index contributed by atoms with van der Waals surface area (Å²) in [6, 6.07) is 6.96. The third kappa shape index (κ3) is 4.58. The van der Waals surface area contributed by atoms with Crippen LogP contribution < -0.4 is 5.32 Å². The number of carboxylic acid groups (broad SMARTS) is 1. The van der Waals surface area contributed by atoms with Crippen molar-refractivity contribution in [2.75, 3.05) is 20.6 Å². The Hall–Kier alpha value is -2.02. The van der Waals surface area contributed by atoms with Crippen molar-refractivity contribution < 1.29 is 19.5 Å². The molecule has 2 amide bonds. The van der Waals surface area contributed by atoms with Crippen LogP contribution in [0.15, 0.2) is 29.2 Å². The van der Waals surface area contributed by atoms with Gasteiger partial charge in [-0.25, -0.2) is 0 Å². The molecule has 26 heavy (non-hydrogen) atoms. The largest absolute Gasteiger partial charge is 0.480 e. The minimum absolute atomic E-state index is 0.0532. The number of carboxylic acids is 1. The number of thioether (sulfide) groups is 1. The summed E-state index contributed by atoms with van der Waals surface area (Å²) in [5.41, 5.74) is -0.0914. The van der Waals surface area contributed by atoms with Gasteiger partial charge in [-0.2, -0.15) is 0 Å². The highest BCUT2D eigenvalue weighted by Crippen LogP contribution is 2.39. The molecule has 0 bridgehead atoms. The van der Waals surface area contributed by atoms with E-state index in [2.05, 4.69) is 5.32 Å². The number of amides is 2. The Balaban J connectivity index is 2.12. The summed E-state index contributed by atoms with van der Waals surface area (Å²) in [5, 5.41) is 11.4. The molecule has 1 unspecified atom stereocenters. The first-order valence-electron chi connectivity index (χ1n) is 8.75. The van der Waals surface area contributed by atoms with E-state index in [4.69, 9.17) is 5.11 Å². The summed E-state index contributed by atoms with van der Waals surface area (Å²) in [7, 11) is 3.48. The molecule has 0 radical (unpaired) electrons. The van der Waals surface area contributed by atoms with Gasteiger partial charge >= 0.3 is 5.97 Å². The van der Waals surface area contributed by atoms with Crippen molar-refractivity contribution >= 4 is 29.5 Å². The standard InChI is InChI=1S/C19H26N2O4S/c1-13(17(23)24)26-15-9-5-4-8-14(15)16(22)20-12-19(10-6-7-11-19)18(25)21(2)3/h4-5,8-9,13H,6-7,10-12H2,1-3H3,(H,20,22)(H,23,24). The Kier molecular flexibility index (Phi) is 6.69. The van der Waals surface area contributed by atoms with Gasteiger partial charge in [-0.05, 0) is 31.9 Å². The third-order valence-electron chi connectivity index (χ3n) is 4.79. The Morgan fingerprint density at radius 3 is 2.42 bits per heavy atom. The SMILES string of the molecule is CC(Sc1ccccc1C(=O)NCC1(C(=O)N(C)C)CCCC1)C(=O)O.